The molecule has 3 nitrogen and oxygen atoms in total. The van der Waals surface area contributed by atoms with Gasteiger partial charge in [-0.05, 0) is 31.4 Å². The van der Waals surface area contributed by atoms with Gasteiger partial charge in [0.25, 0.3) is 0 Å². The quantitative estimate of drug-likeness (QED) is 0.831. The average Bonchev–Trinajstić information content (AvgIpc) is 2.89. The van der Waals surface area contributed by atoms with Crippen molar-refractivity contribution in [1.29, 1.82) is 0 Å². The lowest BCUT2D eigenvalue weighted by Crippen LogP contribution is -2.05. The van der Waals surface area contributed by atoms with Crippen LogP contribution in [0, 0.1) is 0 Å². The molecule has 1 heterocycles. The van der Waals surface area contributed by atoms with E-state index in [1.54, 1.807) is 11.3 Å². The maximum Gasteiger partial charge on any atom is 0.140 e. The van der Waals surface area contributed by atoms with Crippen molar-refractivity contribution < 1.29 is 4.74 Å². The number of hydrogen-bond acceptors (Lipinski definition) is 4. The maximum atomic E-state index is 6.04. The topological polar surface area (TPSA) is 48.1 Å². The molecule has 2 rings (SSSR count). The van der Waals surface area contributed by atoms with Gasteiger partial charge in [-0.2, -0.15) is 0 Å². The first-order chi connectivity index (χ1) is 10.2. The molecule has 1 aromatic heterocycles. The van der Waals surface area contributed by atoms with Gasteiger partial charge in [-0.1, -0.05) is 38.5 Å². The molecule has 2 N–H and O–H groups in total. The van der Waals surface area contributed by atoms with Crippen LogP contribution in [0.4, 0.5) is 0 Å². The fourth-order valence-electron chi connectivity index (χ4n) is 2.32. The summed E-state index contributed by atoms with van der Waals surface area (Å²) in [4.78, 5) is 5.90. The number of aromatic nitrogens is 1. The first kappa shape index (κ1) is 16.0. The molecule has 0 aliphatic rings. The smallest absolute Gasteiger partial charge is 0.140 e. The lowest BCUT2D eigenvalue weighted by atomic mass is 10.1. The second-order valence-electron chi connectivity index (χ2n) is 5.21. The van der Waals surface area contributed by atoms with Crippen LogP contribution in [-0.2, 0) is 19.4 Å². The molecule has 0 aliphatic heterocycles. The fraction of sp³-hybridized carbons (Fsp3) is 0.471. The molecule has 0 saturated heterocycles. The van der Waals surface area contributed by atoms with E-state index < -0.39 is 0 Å². The summed E-state index contributed by atoms with van der Waals surface area (Å²) in [6.07, 6.45) is 3.04. The minimum absolute atomic E-state index is 0.0423. The largest absolute Gasteiger partial charge is 0.486 e. The highest BCUT2D eigenvalue weighted by molar-refractivity contribution is 7.11. The third-order valence-corrected chi connectivity index (χ3v) is 4.65. The number of hydrogen-bond donors (Lipinski definition) is 1. The average molecular weight is 304 g/mol. The Morgan fingerprint density at radius 1 is 1.29 bits per heavy atom. The normalized spacial score (nSPS) is 12.4. The Morgan fingerprint density at radius 2 is 2.05 bits per heavy atom. The summed E-state index contributed by atoms with van der Waals surface area (Å²) in [5.41, 5.74) is 8.41. The van der Waals surface area contributed by atoms with E-state index in [-0.39, 0.29) is 6.04 Å². The van der Waals surface area contributed by atoms with Crippen LogP contribution in [0.1, 0.15) is 54.4 Å². The van der Waals surface area contributed by atoms with Crippen molar-refractivity contribution >= 4 is 11.3 Å². The molecule has 0 fully saturated rings. The van der Waals surface area contributed by atoms with Crippen LogP contribution >= 0.6 is 11.3 Å². The predicted octanol–water partition coefficient (Wildman–Crippen LogP) is 4.26. The molecular weight excluding hydrogens is 280 g/mol. The molecule has 1 atom stereocenters. The standard InChI is InChI=1S/C17H24N2OS/c1-4-8-14-17(12(3)18)21-16(19-14)11-20-15-10-7-6-9-13(15)5-2/h6-7,9-10,12H,4-5,8,11,18H2,1-3H3. The second-order valence-corrected chi connectivity index (χ2v) is 6.32. The first-order valence-electron chi connectivity index (χ1n) is 7.60. The Hall–Kier alpha value is -1.39. The van der Waals surface area contributed by atoms with Gasteiger partial charge in [0.2, 0.25) is 0 Å². The number of nitrogens with two attached hydrogens (primary N) is 1. The lowest BCUT2D eigenvalue weighted by molar-refractivity contribution is 0.302. The van der Waals surface area contributed by atoms with Crippen molar-refractivity contribution in [1.82, 2.24) is 4.98 Å². The van der Waals surface area contributed by atoms with E-state index in [1.807, 2.05) is 25.1 Å². The zero-order valence-corrected chi connectivity index (χ0v) is 13.9. The highest BCUT2D eigenvalue weighted by Crippen LogP contribution is 2.27. The number of ether oxygens (including phenoxy) is 1. The summed E-state index contributed by atoms with van der Waals surface area (Å²) in [5, 5.41) is 1.01. The molecule has 21 heavy (non-hydrogen) atoms. The van der Waals surface area contributed by atoms with Gasteiger partial charge in [0.05, 0.1) is 5.69 Å². The highest BCUT2D eigenvalue weighted by Gasteiger charge is 2.14. The highest BCUT2D eigenvalue weighted by atomic mass is 32.1. The minimum atomic E-state index is 0.0423. The number of nitrogens with zero attached hydrogens (tertiary/aromatic N) is 1. The van der Waals surface area contributed by atoms with E-state index in [9.17, 15) is 0 Å². The third-order valence-electron chi connectivity index (χ3n) is 3.38. The number of para-hydroxylation sites is 1. The van der Waals surface area contributed by atoms with Gasteiger partial charge in [-0.15, -0.1) is 11.3 Å². The van der Waals surface area contributed by atoms with E-state index in [0.717, 1.165) is 35.7 Å². The zero-order valence-electron chi connectivity index (χ0n) is 13.1. The van der Waals surface area contributed by atoms with Gasteiger partial charge in [0, 0.05) is 10.9 Å². The van der Waals surface area contributed by atoms with E-state index in [2.05, 4.69) is 19.9 Å². The van der Waals surface area contributed by atoms with Crippen LogP contribution in [0.15, 0.2) is 24.3 Å². The van der Waals surface area contributed by atoms with Crippen molar-refractivity contribution in [2.75, 3.05) is 0 Å². The maximum absolute atomic E-state index is 6.04. The number of benzene rings is 1. The van der Waals surface area contributed by atoms with Crippen molar-refractivity contribution in [3.63, 3.8) is 0 Å². The molecule has 1 aromatic carbocycles. The molecule has 0 amide bonds. The molecule has 2 aromatic rings. The zero-order chi connectivity index (χ0) is 15.2. The summed E-state index contributed by atoms with van der Waals surface area (Å²) < 4.78 is 5.95. The van der Waals surface area contributed by atoms with E-state index >= 15 is 0 Å². The van der Waals surface area contributed by atoms with E-state index in [1.165, 1.54) is 10.4 Å². The Kier molecular flexibility index (Phi) is 5.76. The molecule has 0 aliphatic carbocycles. The van der Waals surface area contributed by atoms with Crippen LogP contribution < -0.4 is 10.5 Å². The Bertz CT molecular complexity index is 578. The van der Waals surface area contributed by atoms with Crippen LogP contribution in [0.2, 0.25) is 0 Å². The van der Waals surface area contributed by atoms with E-state index in [0.29, 0.717) is 6.61 Å². The molecule has 114 valence electrons. The molecule has 0 spiro atoms. The molecule has 0 saturated carbocycles. The SMILES string of the molecule is CCCc1nc(COc2ccccc2CC)sc1C(C)N. The minimum Gasteiger partial charge on any atom is -0.486 e. The Balaban J connectivity index is 2.11. The van der Waals surface area contributed by atoms with Crippen molar-refractivity contribution in [3.8, 4) is 5.75 Å². The number of aryl methyl sites for hydroxylation is 2. The Labute approximate surface area is 131 Å². The van der Waals surface area contributed by atoms with Crippen LogP contribution in [-0.4, -0.2) is 4.98 Å². The van der Waals surface area contributed by atoms with Crippen LogP contribution in [0.5, 0.6) is 5.75 Å². The van der Waals surface area contributed by atoms with Crippen LogP contribution in [0.3, 0.4) is 0 Å². The summed E-state index contributed by atoms with van der Waals surface area (Å²) >= 11 is 1.68. The molecule has 1 unspecified atom stereocenters. The van der Waals surface area contributed by atoms with Gasteiger partial charge in [0.1, 0.15) is 17.4 Å². The fourth-order valence-corrected chi connectivity index (χ4v) is 3.30. The van der Waals surface area contributed by atoms with Crippen molar-refractivity contribution in [2.45, 2.75) is 52.7 Å². The summed E-state index contributed by atoms with van der Waals surface area (Å²) in [6, 6.07) is 8.22. The molecule has 0 radical (unpaired) electrons. The van der Waals surface area contributed by atoms with E-state index in [4.69, 9.17) is 15.5 Å². The van der Waals surface area contributed by atoms with Crippen LogP contribution in [0.25, 0.3) is 0 Å². The second kappa shape index (κ2) is 7.57. The summed E-state index contributed by atoms with van der Waals surface area (Å²) in [5.74, 6) is 0.953. The lowest BCUT2D eigenvalue weighted by Gasteiger charge is -2.08. The van der Waals surface area contributed by atoms with Gasteiger partial charge < -0.3 is 10.5 Å². The number of thiazole rings is 1. The van der Waals surface area contributed by atoms with Gasteiger partial charge in [-0.25, -0.2) is 4.98 Å². The number of rotatable bonds is 7. The van der Waals surface area contributed by atoms with Crippen molar-refractivity contribution in [2.24, 2.45) is 5.73 Å². The van der Waals surface area contributed by atoms with Gasteiger partial charge >= 0.3 is 0 Å². The monoisotopic (exact) mass is 304 g/mol. The molecular formula is C17H24N2OS. The molecule has 0 bridgehead atoms. The summed E-state index contributed by atoms with van der Waals surface area (Å²) in [7, 11) is 0. The predicted molar refractivity (Wildman–Crippen MR) is 88.9 cm³/mol. The van der Waals surface area contributed by atoms with Gasteiger partial charge in [0.15, 0.2) is 0 Å². The Morgan fingerprint density at radius 3 is 2.71 bits per heavy atom. The van der Waals surface area contributed by atoms with Crippen molar-refractivity contribution in [3.05, 3.63) is 45.4 Å². The molecule has 4 heteroatoms. The third kappa shape index (κ3) is 4.05. The summed E-state index contributed by atoms with van der Waals surface area (Å²) in [6.45, 7) is 6.84. The first-order valence-corrected chi connectivity index (χ1v) is 8.42. The van der Waals surface area contributed by atoms with Gasteiger partial charge in [-0.3, -0.25) is 0 Å².